The van der Waals surface area contributed by atoms with Crippen LogP contribution in [0.1, 0.15) is 18.5 Å². The lowest BCUT2D eigenvalue weighted by Gasteiger charge is -2.09. The summed E-state index contributed by atoms with van der Waals surface area (Å²) in [5.41, 5.74) is 6.26. The molecule has 0 aliphatic heterocycles. The number of aromatic hydroxyl groups is 1. The van der Waals surface area contributed by atoms with Crippen molar-refractivity contribution >= 4 is 27.5 Å². The number of phenolic OH excluding ortho intramolecular Hbond substituents is 1. The Morgan fingerprint density at radius 2 is 2.17 bits per heavy atom. The molecule has 66 valence electrons. The molecule has 0 fully saturated rings. The minimum Gasteiger partial charge on any atom is -0.506 e. The molecule has 0 aromatic heterocycles. The molecular weight excluding hydrogens is 241 g/mol. The first-order chi connectivity index (χ1) is 5.52. The average Bonchev–Trinajstić information content (AvgIpc) is 1.96. The Kier molecular flexibility index (Phi) is 2.99. The first kappa shape index (κ1) is 9.84. The number of benzene rings is 1. The lowest BCUT2D eigenvalue weighted by molar-refractivity contribution is 0.460. The van der Waals surface area contributed by atoms with E-state index in [9.17, 15) is 5.11 Å². The minimum absolute atomic E-state index is 0.161. The summed E-state index contributed by atoms with van der Waals surface area (Å²) in [5, 5.41) is 10.1. The zero-order valence-corrected chi connectivity index (χ0v) is 8.85. The molecular formula is C8H9BrClNO. The van der Waals surface area contributed by atoms with Crippen LogP contribution in [0.3, 0.4) is 0 Å². The van der Waals surface area contributed by atoms with Crippen LogP contribution >= 0.6 is 27.5 Å². The van der Waals surface area contributed by atoms with Gasteiger partial charge in [-0.25, -0.2) is 0 Å². The van der Waals surface area contributed by atoms with Crippen molar-refractivity contribution in [2.75, 3.05) is 0 Å². The van der Waals surface area contributed by atoms with Gasteiger partial charge in [0, 0.05) is 16.6 Å². The SMILES string of the molecule is C[C@H](N)c1cc(Cl)cc(Br)c1O. The largest absolute Gasteiger partial charge is 0.506 e. The van der Waals surface area contributed by atoms with Gasteiger partial charge in [-0.3, -0.25) is 0 Å². The zero-order chi connectivity index (χ0) is 9.30. The standard InChI is InChI=1S/C8H9BrClNO/c1-4(11)6-2-5(10)3-7(9)8(6)12/h2-4,12H,11H2,1H3/t4-/m0/s1. The summed E-state index contributed by atoms with van der Waals surface area (Å²) in [5.74, 6) is 0.161. The molecule has 0 bridgehead atoms. The third-order valence-electron chi connectivity index (χ3n) is 1.55. The predicted molar refractivity (Wildman–Crippen MR) is 53.4 cm³/mol. The molecule has 0 aliphatic carbocycles. The number of hydrogen-bond donors (Lipinski definition) is 2. The maximum absolute atomic E-state index is 9.51. The summed E-state index contributed by atoms with van der Waals surface area (Å²) in [6.45, 7) is 1.79. The zero-order valence-electron chi connectivity index (χ0n) is 6.51. The summed E-state index contributed by atoms with van der Waals surface area (Å²) >= 11 is 8.94. The lowest BCUT2D eigenvalue weighted by atomic mass is 10.1. The average molecular weight is 251 g/mol. The van der Waals surface area contributed by atoms with E-state index in [4.69, 9.17) is 17.3 Å². The molecule has 0 heterocycles. The Balaban J connectivity index is 3.28. The van der Waals surface area contributed by atoms with E-state index in [2.05, 4.69) is 15.9 Å². The number of nitrogens with two attached hydrogens (primary N) is 1. The topological polar surface area (TPSA) is 46.2 Å². The van der Waals surface area contributed by atoms with Crippen molar-refractivity contribution in [1.82, 2.24) is 0 Å². The Morgan fingerprint density at radius 1 is 1.58 bits per heavy atom. The molecule has 1 aromatic rings. The third-order valence-corrected chi connectivity index (χ3v) is 2.37. The van der Waals surface area contributed by atoms with Gasteiger partial charge in [-0.2, -0.15) is 0 Å². The third kappa shape index (κ3) is 1.91. The monoisotopic (exact) mass is 249 g/mol. The highest BCUT2D eigenvalue weighted by atomic mass is 79.9. The fraction of sp³-hybridized carbons (Fsp3) is 0.250. The summed E-state index contributed by atoms with van der Waals surface area (Å²) < 4.78 is 0.572. The number of halogens is 2. The van der Waals surface area contributed by atoms with Gasteiger partial charge in [0.25, 0.3) is 0 Å². The van der Waals surface area contributed by atoms with Crippen molar-refractivity contribution in [2.24, 2.45) is 5.73 Å². The highest BCUT2D eigenvalue weighted by Crippen LogP contribution is 2.33. The molecule has 4 heteroatoms. The second-order valence-electron chi connectivity index (χ2n) is 2.61. The molecule has 3 N–H and O–H groups in total. The first-order valence-corrected chi connectivity index (χ1v) is 4.63. The second-order valence-corrected chi connectivity index (χ2v) is 3.90. The Bertz CT molecular complexity index is 301. The first-order valence-electron chi connectivity index (χ1n) is 3.46. The van der Waals surface area contributed by atoms with Crippen LogP contribution in [0.4, 0.5) is 0 Å². The van der Waals surface area contributed by atoms with Gasteiger partial charge in [-0.15, -0.1) is 0 Å². The molecule has 0 saturated heterocycles. The summed E-state index contributed by atoms with van der Waals surface area (Å²) in [4.78, 5) is 0. The predicted octanol–water partition coefficient (Wildman–Crippen LogP) is 2.83. The van der Waals surface area contributed by atoms with Gasteiger partial charge in [0.15, 0.2) is 0 Å². The van der Waals surface area contributed by atoms with Gasteiger partial charge in [0.05, 0.1) is 4.47 Å². The smallest absolute Gasteiger partial charge is 0.134 e. The van der Waals surface area contributed by atoms with Gasteiger partial charge in [0.1, 0.15) is 5.75 Å². The Labute approximate surface area is 84.5 Å². The van der Waals surface area contributed by atoms with Crippen LogP contribution in [0.15, 0.2) is 16.6 Å². The summed E-state index contributed by atoms with van der Waals surface area (Å²) in [6, 6.07) is 3.06. The highest BCUT2D eigenvalue weighted by Gasteiger charge is 2.10. The molecule has 1 rings (SSSR count). The van der Waals surface area contributed by atoms with Gasteiger partial charge < -0.3 is 10.8 Å². The van der Waals surface area contributed by atoms with Gasteiger partial charge in [-0.05, 0) is 35.0 Å². The van der Waals surface area contributed by atoms with Gasteiger partial charge in [0.2, 0.25) is 0 Å². The van der Waals surface area contributed by atoms with E-state index in [1.165, 1.54) is 0 Å². The van der Waals surface area contributed by atoms with Crippen LogP contribution in [-0.2, 0) is 0 Å². The fourth-order valence-corrected chi connectivity index (χ4v) is 1.77. The van der Waals surface area contributed by atoms with Crippen LogP contribution < -0.4 is 5.73 Å². The molecule has 1 atom stereocenters. The van der Waals surface area contributed by atoms with E-state index >= 15 is 0 Å². The Hall–Kier alpha value is -0.250. The normalized spacial score (nSPS) is 13.0. The van der Waals surface area contributed by atoms with Crippen LogP contribution in [-0.4, -0.2) is 5.11 Å². The molecule has 1 aromatic carbocycles. The fourth-order valence-electron chi connectivity index (χ4n) is 0.933. The van der Waals surface area contributed by atoms with Crippen molar-refractivity contribution in [3.05, 3.63) is 27.2 Å². The molecule has 0 aliphatic rings. The Morgan fingerprint density at radius 3 is 2.67 bits per heavy atom. The lowest BCUT2D eigenvalue weighted by Crippen LogP contribution is -2.05. The van der Waals surface area contributed by atoms with E-state index in [1.807, 2.05) is 0 Å². The van der Waals surface area contributed by atoms with Crippen LogP contribution in [0.5, 0.6) is 5.75 Å². The highest BCUT2D eigenvalue weighted by molar-refractivity contribution is 9.10. The quantitative estimate of drug-likeness (QED) is 0.805. The maximum atomic E-state index is 9.51. The molecule has 0 unspecified atom stereocenters. The number of rotatable bonds is 1. The number of phenols is 1. The summed E-state index contributed by atoms with van der Waals surface area (Å²) in [6.07, 6.45) is 0. The molecule has 0 spiro atoms. The molecule has 0 radical (unpaired) electrons. The molecule has 12 heavy (non-hydrogen) atoms. The molecule has 2 nitrogen and oxygen atoms in total. The van der Waals surface area contributed by atoms with Crippen molar-refractivity contribution in [3.8, 4) is 5.75 Å². The molecule has 0 saturated carbocycles. The van der Waals surface area contributed by atoms with Crippen LogP contribution in [0.25, 0.3) is 0 Å². The van der Waals surface area contributed by atoms with Gasteiger partial charge in [-0.1, -0.05) is 11.6 Å². The van der Waals surface area contributed by atoms with Crippen molar-refractivity contribution in [3.63, 3.8) is 0 Å². The van der Waals surface area contributed by atoms with Crippen molar-refractivity contribution in [2.45, 2.75) is 13.0 Å². The van der Waals surface area contributed by atoms with Crippen LogP contribution in [0.2, 0.25) is 5.02 Å². The molecule has 0 amide bonds. The van der Waals surface area contributed by atoms with Crippen LogP contribution in [0, 0.1) is 0 Å². The van der Waals surface area contributed by atoms with E-state index in [1.54, 1.807) is 19.1 Å². The van der Waals surface area contributed by atoms with Crippen molar-refractivity contribution in [1.29, 1.82) is 0 Å². The van der Waals surface area contributed by atoms with E-state index in [-0.39, 0.29) is 11.8 Å². The number of hydrogen-bond acceptors (Lipinski definition) is 2. The van der Waals surface area contributed by atoms with E-state index in [0.717, 1.165) is 0 Å². The maximum Gasteiger partial charge on any atom is 0.134 e. The minimum atomic E-state index is -0.222. The van der Waals surface area contributed by atoms with Gasteiger partial charge >= 0.3 is 0 Å². The second kappa shape index (κ2) is 3.64. The van der Waals surface area contributed by atoms with E-state index < -0.39 is 0 Å². The van der Waals surface area contributed by atoms with Crippen molar-refractivity contribution < 1.29 is 5.11 Å². The summed E-state index contributed by atoms with van der Waals surface area (Å²) in [7, 11) is 0. The van der Waals surface area contributed by atoms with E-state index in [0.29, 0.717) is 15.1 Å².